The topological polar surface area (TPSA) is 82.5 Å². The highest BCUT2D eigenvalue weighted by molar-refractivity contribution is 6.31. The summed E-state index contributed by atoms with van der Waals surface area (Å²) in [5.74, 6) is -1.03. The van der Waals surface area contributed by atoms with Crippen LogP contribution in [-0.4, -0.2) is 28.4 Å². The molecule has 0 radical (unpaired) electrons. The van der Waals surface area contributed by atoms with Crippen LogP contribution >= 0.6 is 11.6 Å². The highest BCUT2D eigenvalue weighted by atomic mass is 35.5. The second-order valence-corrected chi connectivity index (χ2v) is 5.68. The fraction of sp³-hybridized carbons (Fsp3) is 0.188. The number of pyridine rings is 1. The third-order valence-electron chi connectivity index (χ3n) is 3.64. The van der Waals surface area contributed by atoms with Crippen LogP contribution < -0.4 is 10.2 Å². The molecule has 2 aromatic rings. The Hall–Kier alpha value is -2.60. The van der Waals surface area contributed by atoms with Crippen molar-refractivity contribution in [1.29, 1.82) is 0 Å². The summed E-state index contributed by atoms with van der Waals surface area (Å²) in [6.45, 7) is 0.263. The van der Waals surface area contributed by atoms with Crippen LogP contribution in [-0.2, 0) is 9.59 Å². The van der Waals surface area contributed by atoms with Crippen LogP contribution in [0.2, 0.25) is 5.02 Å². The van der Waals surface area contributed by atoms with Crippen molar-refractivity contribution in [3.8, 4) is 5.75 Å². The van der Waals surface area contributed by atoms with Gasteiger partial charge in [-0.3, -0.25) is 9.59 Å². The normalized spacial score (nSPS) is 17.3. The Balaban J connectivity index is 1.72. The first-order valence-electron chi connectivity index (χ1n) is 7.05. The minimum atomic E-state index is -0.511. The maximum atomic E-state index is 12.3. The maximum Gasteiger partial charge on any atom is 0.231 e. The Labute approximate surface area is 137 Å². The summed E-state index contributed by atoms with van der Waals surface area (Å²) >= 11 is 5.94. The second kappa shape index (κ2) is 6.26. The van der Waals surface area contributed by atoms with E-state index in [1.807, 2.05) is 0 Å². The number of anilines is 2. The monoisotopic (exact) mass is 331 g/mol. The third-order valence-corrected chi connectivity index (χ3v) is 3.88. The summed E-state index contributed by atoms with van der Waals surface area (Å²) in [6, 6.07) is 9.93. The molecule has 0 aliphatic carbocycles. The molecule has 1 aliphatic rings. The molecule has 0 spiro atoms. The van der Waals surface area contributed by atoms with Crippen LogP contribution in [0.15, 0.2) is 42.6 Å². The Morgan fingerprint density at radius 2 is 2.17 bits per heavy atom. The van der Waals surface area contributed by atoms with Gasteiger partial charge in [0.2, 0.25) is 11.8 Å². The number of halogens is 1. The van der Waals surface area contributed by atoms with Gasteiger partial charge >= 0.3 is 0 Å². The van der Waals surface area contributed by atoms with Crippen molar-refractivity contribution in [2.45, 2.75) is 6.42 Å². The Morgan fingerprint density at radius 1 is 1.35 bits per heavy atom. The molecule has 0 bridgehead atoms. The molecule has 2 amide bonds. The van der Waals surface area contributed by atoms with Crippen LogP contribution in [0.5, 0.6) is 5.75 Å². The number of amides is 2. The van der Waals surface area contributed by atoms with E-state index in [0.717, 1.165) is 0 Å². The summed E-state index contributed by atoms with van der Waals surface area (Å²) in [4.78, 5) is 29.9. The number of benzene rings is 1. The average molecular weight is 332 g/mol. The zero-order chi connectivity index (χ0) is 16.4. The first-order valence-corrected chi connectivity index (χ1v) is 7.43. The predicted molar refractivity (Wildman–Crippen MR) is 86.4 cm³/mol. The fourth-order valence-corrected chi connectivity index (χ4v) is 2.67. The number of hydrogen-bond acceptors (Lipinski definition) is 4. The number of carbonyl (C=O) groups excluding carboxylic acids is 2. The lowest BCUT2D eigenvalue weighted by Crippen LogP contribution is -2.28. The van der Waals surface area contributed by atoms with Gasteiger partial charge in [-0.25, -0.2) is 4.98 Å². The number of nitrogens with zero attached hydrogens (tertiary/aromatic N) is 2. The first-order chi connectivity index (χ1) is 11.0. The van der Waals surface area contributed by atoms with Crippen LogP contribution in [0.4, 0.5) is 11.5 Å². The van der Waals surface area contributed by atoms with Gasteiger partial charge in [-0.15, -0.1) is 0 Å². The van der Waals surface area contributed by atoms with Crippen molar-refractivity contribution < 1.29 is 14.7 Å². The smallest absolute Gasteiger partial charge is 0.231 e. The largest absolute Gasteiger partial charge is 0.504 e. The predicted octanol–water partition coefficient (Wildman–Crippen LogP) is 2.43. The van der Waals surface area contributed by atoms with E-state index >= 15 is 0 Å². The van der Waals surface area contributed by atoms with Gasteiger partial charge < -0.3 is 15.3 Å². The van der Waals surface area contributed by atoms with Gasteiger partial charge in [0, 0.05) is 29.9 Å². The van der Waals surface area contributed by atoms with E-state index in [-0.39, 0.29) is 36.3 Å². The lowest BCUT2D eigenvalue weighted by molar-refractivity contribution is -0.122. The van der Waals surface area contributed by atoms with Gasteiger partial charge in [0.05, 0.1) is 5.92 Å². The van der Waals surface area contributed by atoms with Crippen LogP contribution in [0.25, 0.3) is 0 Å². The number of nitrogens with one attached hydrogen (secondary N) is 1. The van der Waals surface area contributed by atoms with Crippen molar-refractivity contribution in [2.75, 3.05) is 16.8 Å². The molecule has 23 heavy (non-hydrogen) atoms. The molecule has 1 aliphatic heterocycles. The molecule has 1 saturated heterocycles. The van der Waals surface area contributed by atoms with Gasteiger partial charge in [0.25, 0.3) is 0 Å². The number of aromatic nitrogens is 1. The molecule has 1 aromatic carbocycles. The van der Waals surface area contributed by atoms with E-state index in [0.29, 0.717) is 10.7 Å². The third kappa shape index (κ3) is 3.27. The molecule has 1 atom stereocenters. The van der Waals surface area contributed by atoms with Crippen LogP contribution in [0.3, 0.4) is 0 Å². The Morgan fingerprint density at radius 3 is 2.91 bits per heavy atom. The molecule has 7 heteroatoms. The minimum absolute atomic E-state index is 0.0890. The molecule has 1 unspecified atom stereocenters. The highest BCUT2D eigenvalue weighted by Crippen LogP contribution is 2.28. The summed E-state index contributed by atoms with van der Waals surface area (Å²) in [7, 11) is 0. The molecule has 3 rings (SSSR count). The van der Waals surface area contributed by atoms with Crippen LogP contribution in [0, 0.1) is 5.92 Å². The Bertz CT molecular complexity index is 766. The summed E-state index contributed by atoms with van der Waals surface area (Å²) in [6.07, 6.45) is 1.57. The van der Waals surface area contributed by atoms with Crippen molar-refractivity contribution in [1.82, 2.24) is 4.98 Å². The van der Waals surface area contributed by atoms with E-state index < -0.39 is 5.92 Å². The fourth-order valence-electron chi connectivity index (χ4n) is 2.49. The van der Waals surface area contributed by atoms with E-state index in [4.69, 9.17) is 11.6 Å². The molecule has 1 fully saturated rings. The molecule has 0 saturated carbocycles. The zero-order valence-electron chi connectivity index (χ0n) is 12.1. The SMILES string of the molecule is O=C(Nc1ncccc1O)C1CC(=O)N(c2cccc(Cl)c2)C1. The number of rotatable bonds is 3. The number of hydrogen-bond donors (Lipinski definition) is 2. The quantitative estimate of drug-likeness (QED) is 0.905. The minimum Gasteiger partial charge on any atom is -0.504 e. The summed E-state index contributed by atoms with van der Waals surface area (Å²) in [5, 5.41) is 12.7. The van der Waals surface area contributed by atoms with E-state index in [2.05, 4.69) is 10.3 Å². The van der Waals surface area contributed by atoms with Gasteiger partial charge in [0.15, 0.2) is 11.6 Å². The lowest BCUT2D eigenvalue weighted by Gasteiger charge is -2.17. The molecule has 2 heterocycles. The average Bonchev–Trinajstić information content (AvgIpc) is 2.92. The number of carbonyl (C=O) groups is 2. The molecule has 6 nitrogen and oxygen atoms in total. The Kier molecular flexibility index (Phi) is 4.16. The van der Waals surface area contributed by atoms with Gasteiger partial charge in [-0.2, -0.15) is 0 Å². The van der Waals surface area contributed by atoms with Gasteiger partial charge in [0.1, 0.15) is 0 Å². The molecular weight excluding hydrogens is 318 g/mol. The van der Waals surface area contributed by atoms with E-state index in [1.54, 1.807) is 30.3 Å². The number of aromatic hydroxyl groups is 1. The standard InChI is InChI=1S/C16H14ClN3O3/c17-11-3-1-4-12(8-11)20-9-10(7-14(20)22)16(23)19-15-13(21)5-2-6-18-15/h1-6,8,10,21H,7,9H2,(H,18,19,23). The van der Waals surface area contributed by atoms with Crippen molar-refractivity contribution in [3.05, 3.63) is 47.6 Å². The van der Waals surface area contributed by atoms with Crippen molar-refractivity contribution in [3.63, 3.8) is 0 Å². The summed E-state index contributed by atoms with van der Waals surface area (Å²) in [5.41, 5.74) is 0.665. The van der Waals surface area contributed by atoms with Crippen molar-refractivity contribution >= 4 is 34.9 Å². The maximum absolute atomic E-state index is 12.3. The van der Waals surface area contributed by atoms with Gasteiger partial charge in [-0.1, -0.05) is 17.7 Å². The van der Waals surface area contributed by atoms with Crippen LogP contribution in [0.1, 0.15) is 6.42 Å². The van der Waals surface area contributed by atoms with E-state index in [9.17, 15) is 14.7 Å². The molecular formula is C16H14ClN3O3. The van der Waals surface area contributed by atoms with Crippen molar-refractivity contribution in [2.24, 2.45) is 5.92 Å². The summed E-state index contributed by atoms with van der Waals surface area (Å²) < 4.78 is 0. The molecule has 2 N–H and O–H groups in total. The van der Waals surface area contributed by atoms with Gasteiger partial charge in [-0.05, 0) is 30.3 Å². The zero-order valence-corrected chi connectivity index (χ0v) is 12.8. The molecule has 1 aromatic heterocycles. The first kappa shape index (κ1) is 15.3. The van der Waals surface area contributed by atoms with E-state index in [1.165, 1.54) is 17.2 Å². The lowest BCUT2D eigenvalue weighted by atomic mass is 10.1. The highest BCUT2D eigenvalue weighted by Gasteiger charge is 2.35. The second-order valence-electron chi connectivity index (χ2n) is 5.25. The molecule has 118 valence electrons.